The molecular formula is C18H22N2O3. The van der Waals surface area contributed by atoms with Crippen LogP contribution < -0.4 is 15.0 Å². The summed E-state index contributed by atoms with van der Waals surface area (Å²) < 4.78 is 5.10. The van der Waals surface area contributed by atoms with E-state index in [0.29, 0.717) is 13.0 Å². The second kappa shape index (κ2) is 8.80. The minimum absolute atomic E-state index is 0.100. The number of aliphatic hydroxyl groups is 1. The number of hydrogen-bond acceptors (Lipinski definition) is 4. The van der Waals surface area contributed by atoms with Gasteiger partial charge in [0.2, 0.25) is 5.91 Å². The van der Waals surface area contributed by atoms with Gasteiger partial charge in [-0.25, -0.2) is 0 Å². The number of carbonyl (C=O) groups excluding carboxylic acids is 1. The van der Waals surface area contributed by atoms with Crippen LogP contribution in [0.5, 0.6) is 5.75 Å². The van der Waals surface area contributed by atoms with Crippen molar-refractivity contribution in [2.45, 2.75) is 6.42 Å². The van der Waals surface area contributed by atoms with Gasteiger partial charge in [0.1, 0.15) is 5.75 Å². The number of methoxy groups -OCH3 is 1. The first-order valence-electron chi connectivity index (χ1n) is 7.57. The van der Waals surface area contributed by atoms with E-state index < -0.39 is 0 Å². The molecule has 0 unspecified atom stereocenters. The second-order valence-electron chi connectivity index (χ2n) is 5.11. The maximum Gasteiger partial charge on any atom is 0.243 e. The molecule has 0 saturated carbocycles. The summed E-state index contributed by atoms with van der Waals surface area (Å²) in [5, 5.41) is 11.9. The lowest BCUT2D eigenvalue weighted by molar-refractivity contribution is -0.115. The van der Waals surface area contributed by atoms with Gasteiger partial charge >= 0.3 is 0 Å². The van der Waals surface area contributed by atoms with Crippen molar-refractivity contribution in [1.29, 1.82) is 0 Å². The summed E-state index contributed by atoms with van der Waals surface area (Å²) in [4.78, 5) is 14.2. The number of amides is 1. The highest BCUT2D eigenvalue weighted by atomic mass is 16.5. The summed E-state index contributed by atoms with van der Waals surface area (Å²) in [5.41, 5.74) is 1.69. The van der Waals surface area contributed by atoms with Gasteiger partial charge in [-0.2, -0.15) is 0 Å². The van der Waals surface area contributed by atoms with E-state index in [0.717, 1.165) is 17.1 Å². The average Bonchev–Trinajstić information content (AvgIpc) is 2.60. The molecule has 0 aliphatic rings. The lowest BCUT2D eigenvalue weighted by atomic mass is 10.2. The molecule has 0 radical (unpaired) electrons. The number of nitrogens with one attached hydrogen (secondary N) is 1. The first kappa shape index (κ1) is 16.8. The molecule has 1 amide bonds. The van der Waals surface area contributed by atoms with Crippen LogP contribution in [0, 0.1) is 0 Å². The highest BCUT2D eigenvalue weighted by Gasteiger charge is 2.11. The molecule has 2 N–H and O–H groups in total. The number of nitrogens with zero attached hydrogens (tertiary/aromatic N) is 1. The van der Waals surface area contributed by atoms with Gasteiger partial charge in [-0.3, -0.25) is 4.79 Å². The second-order valence-corrected chi connectivity index (χ2v) is 5.11. The van der Waals surface area contributed by atoms with Crippen LogP contribution in [0.3, 0.4) is 0 Å². The van der Waals surface area contributed by atoms with Gasteiger partial charge in [-0.15, -0.1) is 0 Å². The van der Waals surface area contributed by atoms with Crippen molar-refractivity contribution >= 4 is 17.3 Å². The molecule has 5 heteroatoms. The van der Waals surface area contributed by atoms with Gasteiger partial charge < -0.3 is 20.1 Å². The first-order valence-corrected chi connectivity index (χ1v) is 7.57. The van der Waals surface area contributed by atoms with Crippen LogP contribution >= 0.6 is 0 Å². The Hall–Kier alpha value is -2.53. The smallest absolute Gasteiger partial charge is 0.243 e. The third kappa shape index (κ3) is 5.30. The number of benzene rings is 2. The van der Waals surface area contributed by atoms with Gasteiger partial charge in [0.05, 0.1) is 13.7 Å². The molecule has 0 saturated heterocycles. The Morgan fingerprint density at radius 3 is 2.43 bits per heavy atom. The van der Waals surface area contributed by atoms with E-state index >= 15 is 0 Å². The SMILES string of the molecule is COc1ccc(NC(=O)CN(CCCO)c2ccccc2)cc1. The average molecular weight is 314 g/mol. The highest BCUT2D eigenvalue weighted by Crippen LogP contribution is 2.16. The Morgan fingerprint density at radius 1 is 1.13 bits per heavy atom. The van der Waals surface area contributed by atoms with Crippen LogP contribution in [0.2, 0.25) is 0 Å². The quantitative estimate of drug-likeness (QED) is 0.786. The molecule has 0 aliphatic heterocycles. The molecule has 0 heterocycles. The minimum Gasteiger partial charge on any atom is -0.497 e. The van der Waals surface area contributed by atoms with E-state index in [4.69, 9.17) is 9.84 Å². The van der Waals surface area contributed by atoms with Gasteiger partial charge in [0.25, 0.3) is 0 Å². The van der Waals surface area contributed by atoms with Crippen molar-refractivity contribution in [2.75, 3.05) is 37.0 Å². The van der Waals surface area contributed by atoms with E-state index in [1.54, 1.807) is 31.4 Å². The predicted octanol–water partition coefficient (Wildman–Crippen LogP) is 2.52. The summed E-state index contributed by atoms with van der Waals surface area (Å²) in [6, 6.07) is 16.9. The Labute approximate surface area is 136 Å². The fraction of sp³-hybridized carbons (Fsp3) is 0.278. The van der Waals surface area contributed by atoms with E-state index in [2.05, 4.69) is 5.32 Å². The van der Waals surface area contributed by atoms with Crippen LogP contribution in [0.4, 0.5) is 11.4 Å². The molecule has 0 fully saturated rings. The van der Waals surface area contributed by atoms with E-state index in [-0.39, 0.29) is 19.1 Å². The number of anilines is 2. The zero-order chi connectivity index (χ0) is 16.5. The standard InChI is InChI=1S/C18H22N2O3/c1-23-17-10-8-15(9-11-17)19-18(22)14-20(12-5-13-21)16-6-3-2-4-7-16/h2-4,6-11,21H,5,12-14H2,1H3,(H,19,22). The molecule has 0 aromatic heterocycles. The Bertz CT molecular complexity index is 599. The number of rotatable bonds is 8. The molecule has 0 spiro atoms. The van der Waals surface area contributed by atoms with E-state index in [9.17, 15) is 4.79 Å². The van der Waals surface area contributed by atoms with Crippen molar-refractivity contribution in [3.63, 3.8) is 0 Å². The molecule has 0 aliphatic carbocycles. The number of ether oxygens (including phenoxy) is 1. The van der Waals surface area contributed by atoms with Gasteiger partial charge in [0.15, 0.2) is 0 Å². The molecule has 23 heavy (non-hydrogen) atoms. The fourth-order valence-corrected chi connectivity index (χ4v) is 2.25. The molecule has 122 valence electrons. The van der Waals surface area contributed by atoms with Gasteiger partial charge in [-0.05, 0) is 42.8 Å². The molecule has 0 bridgehead atoms. The predicted molar refractivity (Wildman–Crippen MR) is 92.0 cm³/mol. The molecule has 2 aromatic rings. The Balaban J connectivity index is 1.98. The summed E-state index contributed by atoms with van der Waals surface area (Å²) >= 11 is 0. The van der Waals surface area contributed by atoms with Crippen molar-refractivity contribution in [2.24, 2.45) is 0 Å². The van der Waals surface area contributed by atoms with Crippen LogP contribution in [-0.4, -0.2) is 37.8 Å². The van der Waals surface area contributed by atoms with E-state index in [1.807, 2.05) is 35.2 Å². The third-order valence-corrected chi connectivity index (χ3v) is 3.42. The Morgan fingerprint density at radius 2 is 1.83 bits per heavy atom. The minimum atomic E-state index is -0.100. The van der Waals surface area contributed by atoms with Crippen LogP contribution in [0.1, 0.15) is 6.42 Å². The maximum absolute atomic E-state index is 12.3. The lowest BCUT2D eigenvalue weighted by Crippen LogP contribution is -2.34. The normalized spacial score (nSPS) is 10.2. The van der Waals surface area contributed by atoms with Crippen molar-refractivity contribution < 1.29 is 14.6 Å². The van der Waals surface area contributed by atoms with Crippen molar-refractivity contribution in [1.82, 2.24) is 0 Å². The number of carbonyl (C=O) groups is 1. The molecule has 0 atom stereocenters. The largest absolute Gasteiger partial charge is 0.497 e. The Kier molecular flexibility index (Phi) is 6.44. The number of hydrogen-bond donors (Lipinski definition) is 2. The van der Waals surface area contributed by atoms with Gasteiger partial charge in [-0.1, -0.05) is 18.2 Å². The van der Waals surface area contributed by atoms with Crippen LogP contribution in [0.25, 0.3) is 0 Å². The summed E-state index contributed by atoms with van der Waals surface area (Å²) in [5.74, 6) is 0.647. The zero-order valence-electron chi connectivity index (χ0n) is 13.2. The number of para-hydroxylation sites is 1. The molecule has 2 rings (SSSR count). The van der Waals surface area contributed by atoms with Gasteiger partial charge in [0, 0.05) is 24.5 Å². The summed E-state index contributed by atoms with van der Waals surface area (Å²) in [7, 11) is 1.60. The fourth-order valence-electron chi connectivity index (χ4n) is 2.25. The molecule has 5 nitrogen and oxygen atoms in total. The molecule has 2 aromatic carbocycles. The van der Waals surface area contributed by atoms with Crippen molar-refractivity contribution in [3.05, 3.63) is 54.6 Å². The molecular weight excluding hydrogens is 292 g/mol. The maximum atomic E-state index is 12.3. The summed E-state index contributed by atoms with van der Waals surface area (Å²) in [6.45, 7) is 0.954. The summed E-state index contributed by atoms with van der Waals surface area (Å²) in [6.07, 6.45) is 0.616. The van der Waals surface area contributed by atoms with E-state index in [1.165, 1.54) is 0 Å². The monoisotopic (exact) mass is 314 g/mol. The highest BCUT2D eigenvalue weighted by molar-refractivity contribution is 5.94. The zero-order valence-corrected chi connectivity index (χ0v) is 13.2. The topological polar surface area (TPSA) is 61.8 Å². The first-order chi connectivity index (χ1) is 11.2. The van der Waals surface area contributed by atoms with Crippen LogP contribution in [-0.2, 0) is 4.79 Å². The lowest BCUT2D eigenvalue weighted by Gasteiger charge is -2.24. The number of aliphatic hydroxyl groups excluding tert-OH is 1. The third-order valence-electron chi connectivity index (χ3n) is 3.42. The van der Waals surface area contributed by atoms with Crippen molar-refractivity contribution in [3.8, 4) is 5.75 Å². The van der Waals surface area contributed by atoms with Crippen LogP contribution in [0.15, 0.2) is 54.6 Å².